The van der Waals surface area contributed by atoms with Gasteiger partial charge in [0.2, 0.25) is 5.91 Å². The normalized spacial score (nSPS) is 16.2. The van der Waals surface area contributed by atoms with Crippen LogP contribution in [0.2, 0.25) is 0 Å². The molecule has 0 saturated carbocycles. The SMILES string of the molecule is CN(C)C(=O)CNC(=O)N1CCC(C(=O)O)CC1. The fourth-order valence-corrected chi connectivity index (χ4v) is 1.75. The highest BCUT2D eigenvalue weighted by Crippen LogP contribution is 2.16. The molecule has 0 aromatic rings. The van der Waals surface area contributed by atoms with E-state index in [-0.39, 0.29) is 24.4 Å². The summed E-state index contributed by atoms with van der Waals surface area (Å²) in [4.78, 5) is 36.7. The van der Waals surface area contributed by atoms with Crippen LogP contribution >= 0.6 is 0 Å². The summed E-state index contributed by atoms with van der Waals surface area (Å²) in [6.07, 6.45) is 0.925. The molecule has 0 spiro atoms. The number of urea groups is 1. The second-order valence-electron chi connectivity index (χ2n) is 4.55. The van der Waals surface area contributed by atoms with E-state index in [9.17, 15) is 14.4 Å². The Kier molecular flexibility index (Phi) is 4.94. The zero-order chi connectivity index (χ0) is 13.7. The minimum Gasteiger partial charge on any atom is -0.481 e. The van der Waals surface area contributed by atoms with E-state index in [1.807, 2.05) is 0 Å². The lowest BCUT2D eigenvalue weighted by Gasteiger charge is -2.30. The molecular formula is C11H19N3O4. The number of hydrogen-bond donors (Lipinski definition) is 2. The molecule has 0 aromatic heterocycles. The lowest BCUT2D eigenvalue weighted by atomic mass is 9.97. The standard InChI is InChI=1S/C11H19N3O4/c1-13(2)9(15)7-12-11(18)14-5-3-8(4-6-14)10(16)17/h8H,3-7H2,1-2H3,(H,12,18)(H,16,17). The third-order valence-electron chi connectivity index (χ3n) is 3.02. The highest BCUT2D eigenvalue weighted by atomic mass is 16.4. The first-order valence-corrected chi connectivity index (χ1v) is 5.87. The van der Waals surface area contributed by atoms with Crippen molar-refractivity contribution in [3.05, 3.63) is 0 Å². The Labute approximate surface area is 106 Å². The van der Waals surface area contributed by atoms with Gasteiger partial charge in [0.25, 0.3) is 0 Å². The third kappa shape index (κ3) is 3.90. The van der Waals surface area contributed by atoms with E-state index in [2.05, 4.69) is 5.32 Å². The maximum atomic E-state index is 11.7. The Balaban J connectivity index is 2.32. The number of carbonyl (C=O) groups is 3. The van der Waals surface area contributed by atoms with E-state index in [1.165, 1.54) is 4.90 Å². The number of rotatable bonds is 3. The van der Waals surface area contributed by atoms with Crippen molar-refractivity contribution in [1.29, 1.82) is 0 Å². The number of carbonyl (C=O) groups excluding carboxylic acids is 2. The van der Waals surface area contributed by atoms with Crippen molar-refractivity contribution in [2.24, 2.45) is 5.92 Å². The van der Waals surface area contributed by atoms with Crippen molar-refractivity contribution in [2.75, 3.05) is 33.7 Å². The number of likely N-dealkylation sites (N-methyl/N-ethyl adjacent to an activating group) is 1. The van der Waals surface area contributed by atoms with Crippen LogP contribution in [0, 0.1) is 5.92 Å². The van der Waals surface area contributed by atoms with Crippen molar-refractivity contribution in [3.8, 4) is 0 Å². The fourth-order valence-electron chi connectivity index (χ4n) is 1.75. The van der Waals surface area contributed by atoms with Crippen LogP contribution in [-0.4, -0.2) is 66.5 Å². The van der Waals surface area contributed by atoms with Crippen molar-refractivity contribution in [3.63, 3.8) is 0 Å². The zero-order valence-corrected chi connectivity index (χ0v) is 10.7. The summed E-state index contributed by atoms with van der Waals surface area (Å²) in [5.41, 5.74) is 0. The average molecular weight is 257 g/mol. The molecule has 1 heterocycles. The number of aliphatic carboxylic acids is 1. The lowest BCUT2D eigenvalue weighted by Crippen LogP contribution is -2.47. The van der Waals surface area contributed by atoms with E-state index in [4.69, 9.17) is 5.11 Å². The minimum atomic E-state index is -0.808. The summed E-state index contributed by atoms with van der Waals surface area (Å²) in [5.74, 6) is -1.35. The molecular weight excluding hydrogens is 238 g/mol. The summed E-state index contributed by atoms with van der Waals surface area (Å²) < 4.78 is 0. The van der Waals surface area contributed by atoms with Gasteiger partial charge in [-0.25, -0.2) is 4.79 Å². The molecule has 1 rings (SSSR count). The van der Waals surface area contributed by atoms with Crippen LogP contribution in [0.1, 0.15) is 12.8 Å². The molecule has 0 aromatic carbocycles. The van der Waals surface area contributed by atoms with Gasteiger partial charge in [-0.05, 0) is 12.8 Å². The topological polar surface area (TPSA) is 90.0 Å². The van der Waals surface area contributed by atoms with Gasteiger partial charge in [0.05, 0.1) is 12.5 Å². The maximum Gasteiger partial charge on any atom is 0.317 e. The zero-order valence-electron chi connectivity index (χ0n) is 10.7. The molecule has 1 saturated heterocycles. The fraction of sp³-hybridized carbons (Fsp3) is 0.727. The molecule has 1 aliphatic rings. The molecule has 1 fully saturated rings. The van der Waals surface area contributed by atoms with Gasteiger partial charge in [-0.2, -0.15) is 0 Å². The van der Waals surface area contributed by atoms with Crippen molar-refractivity contribution >= 4 is 17.9 Å². The molecule has 1 aliphatic heterocycles. The summed E-state index contributed by atoms with van der Waals surface area (Å²) in [5, 5.41) is 11.4. The molecule has 0 unspecified atom stereocenters. The number of nitrogens with one attached hydrogen (secondary N) is 1. The third-order valence-corrected chi connectivity index (χ3v) is 3.02. The van der Waals surface area contributed by atoms with Gasteiger partial charge in [0.1, 0.15) is 0 Å². The smallest absolute Gasteiger partial charge is 0.317 e. The highest BCUT2D eigenvalue weighted by molar-refractivity contribution is 5.83. The number of piperidine rings is 1. The van der Waals surface area contributed by atoms with Crippen LogP contribution in [0.5, 0.6) is 0 Å². The first-order valence-electron chi connectivity index (χ1n) is 5.87. The Morgan fingerprint density at radius 2 is 1.83 bits per heavy atom. The summed E-state index contributed by atoms with van der Waals surface area (Å²) in [6, 6.07) is -0.311. The number of likely N-dealkylation sites (tertiary alicyclic amines) is 1. The molecule has 0 atom stereocenters. The Bertz CT molecular complexity index is 335. The summed E-state index contributed by atoms with van der Waals surface area (Å²) in [6.45, 7) is 0.794. The van der Waals surface area contributed by atoms with E-state index in [0.29, 0.717) is 25.9 Å². The number of carboxylic acids is 1. The van der Waals surface area contributed by atoms with Gasteiger partial charge in [-0.15, -0.1) is 0 Å². The van der Waals surface area contributed by atoms with Crippen LogP contribution in [0.4, 0.5) is 4.79 Å². The first kappa shape index (κ1) is 14.3. The number of nitrogens with zero attached hydrogens (tertiary/aromatic N) is 2. The first-order chi connectivity index (χ1) is 8.41. The largest absolute Gasteiger partial charge is 0.481 e. The van der Waals surface area contributed by atoms with Crippen LogP contribution in [-0.2, 0) is 9.59 Å². The quantitative estimate of drug-likeness (QED) is 0.718. The van der Waals surface area contributed by atoms with Crippen LogP contribution in [0.25, 0.3) is 0 Å². The maximum absolute atomic E-state index is 11.7. The van der Waals surface area contributed by atoms with Gasteiger partial charge >= 0.3 is 12.0 Å². The molecule has 2 N–H and O–H groups in total. The van der Waals surface area contributed by atoms with Crippen LogP contribution in [0.3, 0.4) is 0 Å². The van der Waals surface area contributed by atoms with E-state index in [0.717, 1.165) is 0 Å². The predicted octanol–water partition coefficient (Wildman–Crippen LogP) is -0.419. The van der Waals surface area contributed by atoms with E-state index >= 15 is 0 Å². The molecule has 0 bridgehead atoms. The van der Waals surface area contributed by atoms with Gasteiger partial charge in [0, 0.05) is 27.2 Å². The van der Waals surface area contributed by atoms with Crippen molar-refractivity contribution in [2.45, 2.75) is 12.8 Å². The van der Waals surface area contributed by atoms with Gasteiger partial charge in [0.15, 0.2) is 0 Å². The number of carboxylic acid groups (broad SMARTS) is 1. The molecule has 0 aliphatic carbocycles. The van der Waals surface area contributed by atoms with Gasteiger partial charge in [-0.1, -0.05) is 0 Å². The Hall–Kier alpha value is -1.79. The highest BCUT2D eigenvalue weighted by Gasteiger charge is 2.26. The molecule has 102 valence electrons. The Morgan fingerprint density at radius 3 is 2.28 bits per heavy atom. The second-order valence-corrected chi connectivity index (χ2v) is 4.55. The molecule has 18 heavy (non-hydrogen) atoms. The Morgan fingerprint density at radius 1 is 1.28 bits per heavy atom. The van der Waals surface area contributed by atoms with Gasteiger partial charge < -0.3 is 20.2 Å². The second kappa shape index (κ2) is 6.23. The average Bonchev–Trinajstić information content (AvgIpc) is 2.35. The van der Waals surface area contributed by atoms with Crippen LogP contribution in [0.15, 0.2) is 0 Å². The molecule has 7 heteroatoms. The lowest BCUT2D eigenvalue weighted by molar-refractivity contribution is -0.143. The molecule has 3 amide bonds. The number of hydrogen-bond acceptors (Lipinski definition) is 3. The molecule has 7 nitrogen and oxygen atoms in total. The predicted molar refractivity (Wildman–Crippen MR) is 64.0 cm³/mol. The molecule has 0 radical (unpaired) electrons. The van der Waals surface area contributed by atoms with E-state index in [1.54, 1.807) is 19.0 Å². The van der Waals surface area contributed by atoms with Crippen molar-refractivity contribution in [1.82, 2.24) is 15.1 Å². The van der Waals surface area contributed by atoms with Crippen LogP contribution < -0.4 is 5.32 Å². The summed E-state index contributed by atoms with van der Waals surface area (Å²) in [7, 11) is 3.24. The van der Waals surface area contributed by atoms with Crippen molar-refractivity contribution < 1.29 is 19.5 Å². The minimum absolute atomic E-state index is 0.0370. The summed E-state index contributed by atoms with van der Waals surface area (Å²) >= 11 is 0. The monoisotopic (exact) mass is 257 g/mol. The van der Waals surface area contributed by atoms with E-state index < -0.39 is 5.97 Å². The van der Waals surface area contributed by atoms with Gasteiger partial charge in [-0.3, -0.25) is 9.59 Å². The number of amides is 3.